The molecule has 20 heavy (non-hydrogen) atoms. The molecule has 0 bridgehead atoms. The lowest BCUT2D eigenvalue weighted by atomic mass is 10.2. The number of nitrogens with one attached hydrogen (secondary N) is 2. The fourth-order valence-electron chi connectivity index (χ4n) is 1.73. The molecule has 0 aromatic heterocycles. The van der Waals surface area contributed by atoms with Crippen LogP contribution in [0.4, 0.5) is 0 Å². The summed E-state index contributed by atoms with van der Waals surface area (Å²) in [6, 6.07) is 9.04. The second kappa shape index (κ2) is 8.68. The molecule has 0 unspecified atom stereocenters. The highest BCUT2D eigenvalue weighted by Crippen LogP contribution is 2.04. The third-order valence-corrected chi connectivity index (χ3v) is 4.12. The Bertz CT molecular complexity index is 503. The van der Waals surface area contributed by atoms with E-state index < -0.39 is 10.0 Å². The molecule has 7 heteroatoms. The monoisotopic (exact) mass is 299 g/mol. The number of hydrogen-bond acceptors (Lipinski definition) is 4. The molecule has 1 aromatic rings. The topological polar surface area (TPSA) is 101 Å². The van der Waals surface area contributed by atoms with Crippen molar-refractivity contribution in [3.8, 4) is 0 Å². The van der Waals surface area contributed by atoms with Crippen LogP contribution in [0.5, 0.6) is 0 Å². The van der Waals surface area contributed by atoms with Gasteiger partial charge in [0.1, 0.15) is 0 Å². The standard InChI is InChI=1S/C13H21N3O3S/c14-16-13(17)9-5-2-6-10-15-20(18,19)11-12-7-3-1-4-8-12/h1,3-4,7-8,15H,2,5-6,9-11,14H2,(H,16,17). The van der Waals surface area contributed by atoms with Gasteiger partial charge < -0.3 is 0 Å². The molecule has 0 saturated carbocycles. The Kier molecular flexibility index (Phi) is 7.21. The Morgan fingerprint density at radius 3 is 2.45 bits per heavy atom. The molecule has 0 aliphatic rings. The number of hydrazine groups is 1. The van der Waals surface area contributed by atoms with Crippen molar-refractivity contribution >= 4 is 15.9 Å². The molecule has 1 aromatic carbocycles. The first-order valence-electron chi connectivity index (χ1n) is 6.54. The summed E-state index contributed by atoms with van der Waals surface area (Å²) in [7, 11) is -3.29. The minimum Gasteiger partial charge on any atom is -0.294 e. The molecule has 4 N–H and O–H groups in total. The summed E-state index contributed by atoms with van der Waals surface area (Å²) in [6.07, 6.45) is 2.55. The van der Waals surface area contributed by atoms with Crippen LogP contribution in [-0.4, -0.2) is 20.9 Å². The Labute approximate surface area is 119 Å². The summed E-state index contributed by atoms with van der Waals surface area (Å²) in [5, 5.41) is 0. The summed E-state index contributed by atoms with van der Waals surface area (Å²) < 4.78 is 26.1. The molecule has 6 nitrogen and oxygen atoms in total. The van der Waals surface area contributed by atoms with E-state index in [4.69, 9.17) is 5.84 Å². The molecule has 0 aliphatic carbocycles. The van der Waals surface area contributed by atoms with Gasteiger partial charge in [0.25, 0.3) is 0 Å². The van der Waals surface area contributed by atoms with Gasteiger partial charge >= 0.3 is 0 Å². The van der Waals surface area contributed by atoms with Crippen LogP contribution in [0.2, 0.25) is 0 Å². The van der Waals surface area contributed by atoms with Gasteiger partial charge in [-0.25, -0.2) is 19.0 Å². The molecule has 0 radical (unpaired) electrons. The average molecular weight is 299 g/mol. The van der Waals surface area contributed by atoms with Crippen molar-refractivity contribution < 1.29 is 13.2 Å². The SMILES string of the molecule is NNC(=O)CCCCCNS(=O)(=O)Cc1ccccc1. The van der Waals surface area contributed by atoms with E-state index in [0.29, 0.717) is 25.8 Å². The second-order valence-electron chi connectivity index (χ2n) is 4.52. The summed E-state index contributed by atoms with van der Waals surface area (Å²) in [4.78, 5) is 10.9. The number of carbonyl (C=O) groups excluding carboxylic acids is 1. The molecular formula is C13H21N3O3S. The molecule has 0 heterocycles. The van der Waals surface area contributed by atoms with E-state index in [1.165, 1.54) is 0 Å². The van der Waals surface area contributed by atoms with Gasteiger partial charge in [-0.2, -0.15) is 0 Å². The maximum absolute atomic E-state index is 11.8. The van der Waals surface area contributed by atoms with Crippen LogP contribution in [0, 0.1) is 0 Å². The van der Waals surface area contributed by atoms with E-state index >= 15 is 0 Å². The summed E-state index contributed by atoms with van der Waals surface area (Å²) >= 11 is 0. The Morgan fingerprint density at radius 1 is 1.10 bits per heavy atom. The molecule has 112 valence electrons. The van der Waals surface area contributed by atoms with Crippen molar-refractivity contribution in [1.29, 1.82) is 0 Å². The molecule has 1 rings (SSSR count). The Morgan fingerprint density at radius 2 is 1.80 bits per heavy atom. The smallest absolute Gasteiger partial charge is 0.233 e. The Balaban J connectivity index is 2.19. The van der Waals surface area contributed by atoms with Gasteiger partial charge in [-0.15, -0.1) is 0 Å². The first-order chi connectivity index (χ1) is 9.53. The van der Waals surface area contributed by atoms with Crippen LogP contribution >= 0.6 is 0 Å². The second-order valence-corrected chi connectivity index (χ2v) is 6.32. The van der Waals surface area contributed by atoms with Gasteiger partial charge in [-0.05, 0) is 18.4 Å². The van der Waals surface area contributed by atoms with Crippen LogP contribution in [0.15, 0.2) is 30.3 Å². The van der Waals surface area contributed by atoms with Gasteiger partial charge in [0.15, 0.2) is 0 Å². The number of sulfonamides is 1. The van der Waals surface area contributed by atoms with Crippen molar-refractivity contribution in [2.24, 2.45) is 5.84 Å². The maximum atomic E-state index is 11.8. The van der Waals surface area contributed by atoms with Crippen molar-refractivity contribution in [3.63, 3.8) is 0 Å². The number of benzene rings is 1. The van der Waals surface area contributed by atoms with Crippen molar-refractivity contribution in [2.75, 3.05) is 6.54 Å². The third-order valence-electron chi connectivity index (χ3n) is 2.76. The van der Waals surface area contributed by atoms with E-state index in [0.717, 1.165) is 12.0 Å². The number of carbonyl (C=O) groups is 1. The maximum Gasteiger partial charge on any atom is 0.233 e. The molecule has 0 atom stereocenters. The molecule has 0 fully saturated rings. The summed E-state index contributed by atoms with van der Waals surface area (Å²) in [5.74, 6) is 4.74. The van der Waals surface area contributed by atoms with Gasteiger partial charge in [0.05, 0.1) is 5.75 Å². The average Bonchev–Trinajstić information content (AvgIpc) is 2.43. The molecule has 0 saturated heterocycles. The quantitative estimate of drug-likeness (QED) is 0.270. The van der Waals surface area contributed by atoms with E-state index in [2.05, 4.69) is 10.1 Å². The summed E-state index contributed by atoms with van der Waals surface area (Å²) in [6.45, 7) is 0.388. The van der Waals surface area contributed by atoms with E-state index in [1.807, 2.05) is 18.2 Å². The highest BCUT2D eigenvalue weighted by Gasteiger charge is 2.10. The van der Waals surface area contributed by atoms with Gasteiger partial charge in [0.2, 0.25) is 15.9 Å². The number of unbranched alkanes of at least 4 members (excludes halogenated alkanes) is 2. The number of hydrogen-bond donors (Lipinski definition) is 3. The minimum absolute atomic E-state index is 0.0105. The zero-order valence-electron chi connectivity index (χ0n) is 11.3. The van der Waals surface area contributed by atoms with Gasteiger partial charge in [-0.1, -0.05) is 36.8 Å². The van der Waals surface area contributed by atoms with Crippen LogP contribution in [0.3, 0.4) is 0 Å². The van der Waals surface area contributed by atoms with Gasteiger partial charge in [0, 0.05) is 13.0 Å². The lowest BCUT2D eigenvalue weighted by Gasteiger charge is -2.06. The highest BCUT2D eigenvalue weighted by atomic mass is 32.2. The number of rotatable bonds is 9. The zero-order chi connectivity index (χ0) is 14.8. The Hall–Kier alpha value is -1.44. The van der Waals surface area contributed by atoms with E-state index in [1.54, 1.807) is 12.1 Å². The lowest BCUT2D eigenvalue weighted by molar-refractivity contribution is -0.121. The predicted octanol–water partition coefficient (Wildman–Crippen LogP) is 0.656. The molecule has 0 spiro atoms. The number of nitrogens with two attached hydrogens (primary N) is 1. The molecule has 1 amide bonds. The van der Waals surface area contributed by atoms with Crippen LogP contribution in [-0.2, 0) is 20.6 Å². The van der Waals surface area contributed by atoms with Crippen LogP contribution in [0.1, 0.15) is 31.2 Å². The highest BCUT2D eigenvalue weighted by molar-refractivity contribution is 7.88. The van der Waals surface area contributed by atoms with Crippen LogP contribution in [0.25, 0.3) is 0 Å². The summed E-state index contributed by atoms with van der Waals surface area (Å²) in [5.41, 5.74) is 2.82. The van der Waals surface area contributed by atoms with E-state index in [-0.39, 0.29) is 11.7 Å². The van der Waals surface area contributed by atoms with Crippen molar-refractivity contribution in [1.82, 2.24) is 10.1 Å². The van der Waals surface area contributed by atoms with E-state index in [9.17, 15) is 13.2 Å². The predicted molar refractivity (Wildman–Crippen MR) is 77.9 cm³/mol. The van der Waals surface area contributed by atoms with Crippen molar-refractivity contribution in [3.05, 3.63) is 35.9 Å². The normalized spacial score (nSPS) is 11.2. The third kappa shape index (κ3) is 7.22. The first kappa shape index (κ1) is 16.6. The fourth-order valence-corrected chi connectivity index (χ4v) is 2.92. The first-order valence-corrected chi connectivity index (χ1v) is 8.19. The lowest BCUT2D eigenvalue weighted by Crippen LogP contribution is -2.29. The zero-order valence-corrected chi connectivity index (χ0v) is 12.2. The largest absolute Gasteiger partial charge is 0.294 e. The minimum atomic E-state index is -3.29. The van der Waals surface area contributed by atoms with Crippen molar-refractivity contribution in [2.45, 2.75) is 31.4 Å². The number of amides is 1. The van der Waals surface area contributed by atoms with Crippen LogP contribution < -0.4 is 16.0 Å². The fraction of sp³-hybridized carbons (Fsp3) is 0.462. The molecular weight excluding hydrogens is 278 g/mol. The molecule has 0 aliphatic heterocycles. The van der Waals surface area contributed by atoms with Gasteiger partial charge in [-0.3, -0.25) is 10.2 Å².